The van der Waals surface area contributed by atoms with E-state index in [0.717, 1.165) is 41.5 Å². The highest BCUT2D eigenvalue weighted by atomic mass is 16.6. The second kappa shape index (κ2) is 14.7. The number of nitrogens with one attached hydrogen (secondary N) is 2. The van der Waals surface area contributed by atoms with Crippen molar-refractivity contribution in [2.75, 3.05) is 6.54 Å². The molecule has 2 aromatic carbocycles. The van der Waals surface area contributed by atoms with Crippen molar-refractivity contribution in [3.63, 3.8) is 0 Å². The lowest BCUT2D eigenvalue weighted by atomic mass is 9.92. The SMILES string of the molecule is CCCCCN(C(=O)C(Cc1ccccc1)NC(=O)OC(C)(C)C)C(C(=O)NC(C)C)c1c(C)cccc1C. The monoisotopic (exact) mass is 537 g/mol. The van der Waals surface area contributed by atoms with Crippen LogP contribution in [0.3, 0.4) is 0 Å². The average Bonchev–Trinajstić information content (AvgIpc) is 2.83. The van der Waals surface area contributed by atoms with Crippen molar-refractivity contribution >= 4 is 17.9 Å². The number of ether oxygens (including phenoxy) is 1. The maximum Gasteiger partial charge on any atom is 0.408 e. The molecule has 7 heteroatoms. The molecule has 0 bridgehead atoms. The number of alkyl carbamates (subject to hydrolysis) is 1. The van der Waals surface area contributed by atoms with Crippen LogP contribution < -0.4 is 10.6 Å². The fourth-order valence-electron chi connectivity index (χ4n) is 4.65. The van der Waals surface area contributed by atoms with Crippen LogP contribution >= 0.6 is 0 Å². The van der Waals surface area contributed by atoms with E-state index in [1.54, 1.807) is 25.7 Å². The minimum absolute atomic E-state index is 0.100. The number of benzene rings is 2. The summed E-state index contributed by atoms with van der Waals surface area (Å²) in [7, 11) is 0. The summed E-state index contributed by atoms with van der Waals surface area (Å²) in [5.41, 5.74) is 2.87. The summed E-state index contributed by atoms with van der Waals surface area (Å²) >= 11 is 0. The number of amides is 3. The third-order valence-electron chi connectivity index (χ3n) is 6.36. The molecule has 2 N–H and O–H groups in total. The van der Waals surface area contributed by atoms with Gasteiger partial charge in [-0.2, -0.15) is 0 Å². The summed E-state index contributed by atoms with van der Waals surface area (Å²) in [5.74, 6) is -0.546. The molecule has 0 spiro atoms. The van der Waals surface area contributed by atoms with Crippen LogP contribution in [-0.2, 0) is 20.7 Å². The van der Waals surface area contributed by atoms with E-state index in [1.807, 2.05) is 76.2 Å². The molecule has 0 aromatic heterocycles. The molecular weight excluding hydrogens is 490 g/mol. The van der Waals surface area contributed by atoms with Gasteiger partial charge in [-0.15, -0.1) is 0 Å². The zero-order valence-electron chi connectivity index (χ0n) is 25.0. The Labute approximate surface area is 234 Å². The molecule has 2 aromatic rings. The Kier molecular flexibility index (Phi) is 12.0. The topological polar surface area (TPSA) is 87.7 Å². The van der Waals surface area contributed by atoms with Crippen molar-refractivity contribution in [3.8, 4) is 0 Å². The van der Waals surface area contributed by atoms with Gasteiger partial charge in [-0.3, -0.25) is 9.59 Å². The highest BCUT2D eigenvalue weighted by Crippen LogP contribution is 2.29. The lowest BCUT2D eigenvalue weighted by molar-refractivity contribution is -0.142. The smallest absolute Gasteiger partial charge is 0.408 e. The van der Waals surface area contributed by atoms with E-state index in [0.29, 0.717) is 6.54 Å². The first-order valence-corrected chi connectivity index (χ1v) is 14.0. The van der Waals surface area contributed by atoms with Gasteiger partial charge in [0.05, 0.1) is 0 Å². The minimum Gasteiger partial charge on any atom is -0.444 e. The molecule has 3 amide bonds. The van der Waals surface area contributed by atoms with E-state index in [1.165, 1.54) is 0 Å². The van der Waals surface area contributed by atoms with Gasteiger partial charge in [0, 0.05) is 19.0 Å². The Morgan fingerprint density at radius 2 is 1.51 bits per heavy atom. The van der Waals surface area contributed by atoms with Crippen molar-refractivity contribution in [3.05, 3.63) is 70.8 Å². The molecule has 214 valence electrons. The number of hydrogen-bond acceptors (Lipinski definition) is 4. The van der Waals surface area contributed by atoms with Crippen molar-refractivity contribution in [2.45, 2.75) is 105 Å². The Bertz CT molecular complexity index is 1070. The molecule has 2 rings (SSSR count). The fraction of sp³-hybridized carbons (Fsp3) is 0.531. The van der Waals surface area contributed by atoms with Crippen LogP contribution in [0.5, 0.6) is 0 Å². The molecular formula is C32H47N3O4. The summed E-state index contributed by atoms with van der Waals surface area (Å²) in [6.45, 7) is 15.6. The van der Waals surface area contributed by atoms with Crippen molar-refractivity contribution in [2.24, 2.45) is 0 Å². The molecule has 0 aliphatic rings. The van der Waals surface area contributed by atoms with Gasteiger partial charge in [0.25, 0.3) is 0 Å². The number of hydrogen-bond donors (Lipinski definition) is 2. The molecule has 0 fully saturated rings. The van der Waals surface area contributed by atoms with Crippen LogP contribution in [0.25, 0.3) is 0 Å². The molecule has 0 saturated carbocycles. The van der Waals surface area contributed by atoms with Crippen LogP contribution in [0.1, 0.15) is 89.1 Å². The average molecular weight is 538 g/mol. The predicted octanol–water partition coefficient (Wildman–Crippen LogP) is 6.02. The zero-order chi connectivity index (χ0) is 29.2. The van der Waals surface area contributed by atoms with E-state index >= 15 is 0 Å². The number of aryl methyl sites for hydroxylation is 2. The lowest BCUT2D eigenvalue weighted by Crippen LogP contribution is -2.54. The molecule has 0 aliphatic heterocycles. The standard InChI is InChI=1S/C32H47N3O4/c1-9-10-14-20-35(28(29(36)33-22(2)3)27-23(4)16-15-17-24(27)5)30(37)26(21-25-18-12-11-13-19-25)34-31(38)39-32(6,7)8/h11-13,15-19,22,26,28H,9-10,14,20-21H2,1-8H3,(H,33,36)(H,34,38). The van der Waals surface area contributed by atoms with E-state index in [9.17, 15) is 14.4 Å². The maximum atomic E-state index is 14.4. The summed E-state index contributed by atoms with van der Waals surface area (Å²) in [6.07, 6.45) is 2.23. The number of unbranched alkanes of at least 4 members (excludes halogenated alkanes) is 2. The minimum atomic E-state index is -0.914. The van der Waals surface area contributed by atoms with E-state index in [4.69, 9.17) is 4.74 Å². The quantitative estimate of drug-likeness (QED) is 0.324. The van der Waals surface area contributed by atoms with Gasteiger partial charge in [-0.05, 0) is 77.1 Å². The van der Waals surface area contributed by atoms with Gasteiger partial charge in [-0.25, -0.2) is 4.79 Å². The second-order valence-corrected chi connectivity index (χ2v) is 11.5. The van der Waals surface area contributed by atoms with Crippen LogP contribution in [0.15, 0.2) is 48.5 Å². The summed E-state index contributed by atoms with van der Waals surface area (Å²) < 4.78 is 5.52. The summed E-state index contributed by atoms with van der Waals surface area (Å²) in [6, 6.07) is 13.6. The second-order valence-electron chi connectivity index (χ2n) is 11.5. The van der Waals surface area contributed by atoms with Crippen molar-refractivity contribution < 1.29 is 19.1 Å². The number of carbonyl (C=O) groups is 3. The number of nitrogens with zero attached hydrogens (tertiary/aromatic N) is 1. The van der Waals surface area contributed by atoms with Gasteiger partial charge in [0.1, 0.15) is 17.7 Å². The van der Waals surface area contributed by atoms with Crippen LogP contribution in [0, 0.1) is 13.8 Å². The van der Waals surface area contributed by atoms with Gasteiger partial charge in [0.15, 0.2) is 0 Å². The predicted molar refractivity (Wildman–Crippen MR) is 156 cm³/mol. The number of carbonyl (C=O) groups excluding carboxylic acids is 3. The fourth-order valence-corrected chi connectivity index (χ4v) is 4.65. The first-order chi connectivity index (χ1) is 18.3. The molecule has 2 atom stereocenters. The van der Waals surface area contributed by atoms with E-state index < -0.39 is 23.8 Å². The van der Waals surface area contributed by atoms with Crippen LogP contribution in [0.2, 0.25) is 0 Å². The van der Waals surface area contributed by atoms with Crippen LogP contribution in [-0.4, -0.2) is 47.0 Å². The highest BCUT2D eigenvalue weighted by molar-refractivity contribution is 5.92. The van der Waals surface area contributed by atoms with Crippen molar-refractivity contribution in [1.29, 1.82) is 0 Å². The Hall–Kier alpha value is -3.35. The molecule has 0 heterocycles. The Morgan fingerprint density at radius 1 is 0.897 bits per heavy atom. The summed E-state index contributed by atoms with van der Waals surface area (Å²) in [5, 5.41) is 5.86. The Balaban J connectivity index is 2.61. The highest BCUT2D eigenvalue weighted by Gasteiger charge is 2.37. The number of rotatable bonds is 12. The van der Waals surface area contributed by atoms with Gasteiger partial charge in [-0.1, -0.05) is 68.3 Å². The third-order valence-corrected chi connectivity index (χ3v) is 6.36. The van der Waals surface area contributed by atoms with E-state index in [2.05, 4.69) is 17.6 Å². The zero-order valence-corrected chi connectivity index (χ0v) is 25.0. The first-order valence-electron chi connectivity index (χ1n) is 14.0. The van der Waals surface area contributed by atoms with Crippen molar-refractivity contribution in [1.82, 2.24) is 15.5 Å². The largest absolute Gasteiger partial charge is 0.444 e. The lowest BCUT2D eigenvalue weighted by Gasteiger charge is -2.36. The van der Waals surface area contributed by atoms with Gasteiger partial charge in [0.2, 0.25) is 11.8 Å². The summed E-state index contributed by atoms with van der Waals surface area (Å²) in [4.78, 5) is 42.8. The molecule has 39 heavy (non-hydrogen) atoms. The first kappa shape index (κ1) is 31.9. The van der Waals surface area contributed by atoms with Crippen LogP contribution in [0.4, 0.5) is 4.79 Å². The molecule has 0 saturated heterocycles. The molecule has 0 aliphatic carbocycles. The third kappa shape index (κ3) is 10.0. The Morgan fingerprint density at radius 3 is 2.05 bits per heavy atom. The normalized spacial score (nSPS) is 12.9. The van der Waals surface area contributed by atoms with Gasteiger partial charge >= 0.3 is 6.09 Å². The molecule has 2 unspecified atom stereocenters. The maximum absolute atomic E-state index is 14.4. The molecule has 7 nitrogen and oxygen atoms in total. The van der Waals surface area contributed by atoms with Gasteiger partial charge < -0.3 is 20.3 Å². The molecule has 0 radical (unpaired) electrons. The van der Waals surface area contributed by atoms with E-state index in [-0.39, 0.29) is 24.3 Å².